The zero-order valence-corrected chi connectivity index (χ0v) is 15.5. The van der Waals surface area contributed by atoms with Crippen molar-refractivity contribution in [3.63, 3.8) is 0 Å². The molecule has 0 saturated heterocycles. The Bertz CT molecular complexity index is 777. The molecule has 0 aliphatic carbocycles. The zero-order chi connectivity index (χ0) is 18.0. The van der Waals surface area contributed by atoms with Crippen LogP contribution in [-0.4, -0.2) is 44.4 Å². The van der Waals surface area contributed by atoms with Gasteiger partial charge in [0.15, 0.2) is 11.5 Å². The SMILES string of the molecule is COc1cc2c(c(OC)c1OC)CCN(c1nc(C)cnc1C)CC2. The summed E-state index contributed by atoms with van der Waals surface area (Å²) in [6, 6.07) is 2.06. The largest absolute Gasteiger partial charge is 0.493 e. The van der Waals surface area contributed by atoms with Crippen molar-refractivity contribution in [2.45, 2.75) is 26.7 Å². The third-order valence-electron chi connectivity index (χ3n) is 4.66. The molecule has 25 heavy (non-hydrogen) atoms. The van der Waals surface area contributed by atoms with Gasteiger partial charge in [-0.05, 0) is 38.3 Å². The number of aryl methyl sites for hydroxylation is 2. The number of ether oxygens (including phenoxy) is 3. The van der Waals surface area contributed by atoms with Gasteiger partial charge in [-0.25, -0.2) is 4.98 Å². The van der Waals surface area contributed by atoms with Crippen molar-refractivity contribution in [3.8, 4) is 17.2 Å². The van der Waals surface area contributed by atoms with Gasteiger partial charge in [0, 0.05) is 24.8 Å². The van der Waals surface area contributed by atoms with Gasteiger partial charge < -0.3 is 19.1 Å². The lowest BCUT2D eigenvalue weighted by atomic mass is 10.0. The molecule has 134 valence electrons. The number of benzene rings is 1. The van der Waals surface area contributed by atoms with Crippen molar-refractivity contribution in [3.05, 3.63) is 34.8 Å². The molecule has 1 aliphatic heterocycles. The van der Waals surface area contributed by atoms with Crippen LogP contribution in [0, 0.1) is 13.8 Å². The highest BCUT2D eigenvalue weighted by molar-refractivity contribution is 5.60. The monoisotopic (exact) mass is 343 g/mol. The molecule has 2 aromatic rings. The van der Waals surface area contributed by atoms with Gasteiger partial charge in [-0.1, -0.05) is 0 Å². The van der Waals surface area contributed by atoms with E-state index in [4.69, 9.17) is 19.2 Å². The first-order valence-electron chi connectivity index (χ1n) is 8.45. The van der Waals surface area contributed by atoms with E-state index in [0.717, 1.165) is 48.9 Å². The van der Waals surface area contributed by atoms with E-state index in [-0.39, 0.29) is 0 Å². The fourth-order valence-electron chi connectivity index (χ4n) is 3.41. The predicted octanol–water partition coefficient (Wildman–Crippen LogP) is 2.72. The van der Waals surface area contributed by atoms with Crippen LogP contribution >= 0.6 is 0 Å². The number of hydrogen-bond donors (Lipinski definition) is 0. The van der Waals surface area contributed by atoms with Crippen molar-refractivity contribution in [2.75, 3.05) is 39.3 Å². The molecule has 6 nitrogen and oxygen atoms in total. The maximum Gasteiger partial charge on any atom is 0.203 e. The predicted molar refractivity (Wildman–Crippen MR) is 97.2 cm³/mol. The van der Waals surface area contributed by atoms with E-state index < -0.39 is 0 Å². The number of hydrogen-bond acceptors (Lipinski definition) is 6. The van der Waals surface area contributed by atoms with Crippen LogP contribution in [0.15, 0.2) is 12.3 Å². The molecule has 1 aromatic heterocycles. The Morgan fingerprint density at radius 3 is 2.36 bits per heavy atom. The third-order valence-corrected chi connectivity index (χ3v) is 4.66. The second-order valence-electron chi connectivity index (χ2n) is 6.19. The lowest BCUT2D eigenvalue weighted by Crippen LogP contribution is -2.28. The maximum atomic E-state index is 5.66. The third kappa shape index (κ3) is 3.21. The summed E-state index contributed by atoms with van der Waals surface area (Å²) in [6.07, 6.45) is 3.55. The summed E-state index contributed by atoms with van der Waals surface area (Å²) in [5.74, 6) is 3.10. The molecule has 0 saturated carbocycles. The van der Waals surface area contributed by atoms with Crippen LogP contribution in [0.2, 0.25) is 0 Å². The molecule has 0 atom stereocenters. The fourth-order valence-corrected chi connectivity index (χ4v) is 3.41. The Morgan fingerprint density at radius 2 is 1.68 bits per heavy atom. The topological polar surface area (TPSA) is 56.7 Å². The van der Waals surface area contributed by atoms with Gasteiger partial charge in [-0.3, -0.25) is 4.98 Å². The Morgan fingerprint density at radius 1 is 0.960 bits per heavy atom. The minimum atomic E-state index is 0.656. The van der Waals surface area contributed by atoms with Crippen LogP contribution in [0.4, 0.5) is 5.82 Å². The number of methoxy groups -OCH3 is 3. The summed E-state index contributed by atoms with van der Waals surface area (Å²) in [5.41, 5.74) is 4.30. The Kier molecular flexibility index (Phi) is 4.97. The first-order valence-corrected chi connectivity index (χ1v) is 8.45. The highest BCUT2D eigenvalue weighted by Crippen LogP contribution is 2.43. The normalized spacial score (nSPS) is 13.9. The molecule has 0 fully saturated rings. The van der Waals surface area contributed by atoms with Gasteiger partial charge in [0.05, 0.1) is 32.7 Å². The molecule has 0 N–H and O–H groups in total. The van der Waals surface area contributed by atoms with Crippen molar-refractivity contribution in [1.29, 1.82) is 0 Å². The van der Waals surface area contributed by atoms with Crippen LogP contribution in [0.1, 0.15) is 22.5 Å². The summed E-state index contributed by atoms with van der Waals surface area (Å²) in [7, 11) is 4.97. The van der Waals surface area contributed by atoms with Crippen molar-refractivity contribution >= 4 is 5.82 Å². The molecular weight excluding hydrogens is 318 g/mol. The average molecular weight is 343 g/mol. The van der Waals surface area contributed by atoms with Crippen LogP contribution in [0.25, 0.3) is 0 Å². The van der Waals surface area contributed by atoms with Crippen LogP contribution in [0.3, 0.4) is 0 Å². The molecule has 0 unspecified atom stereocenters. The van der Waals surface area contributed by atoms with E-state index in [1.807, 2.05) is 20.0 Å². The summed E-state index contributed by atoms with van der Waals surface area (Å²) in [6.45, 7) is 5.72. The number of rotatable bonds is 4. The minimum absolute atomic E-state index is 0.656. The summed E-state index contributed by atoms with van der Waals surface area (Å²) >= 11 is 0. The molecule has 0 amide bonds. The molecule has 3 rings (SSSR count). The second-order valence-corrected chi connectivity index (χ2v) is 6.19. The van der Waals surface area contributed by atoms with Crippen molar-refractivity contribution in [2.24, 2.45) is 0 Å². The molecule has 0 radical (unpaired) electrons. The van der Waals surface area contributed by atoms with E-state index >= 15 is 0 Å². The van der Waals surface area contributed by atoms with Crippen LogP contribution < -0.4 is 19.1 Å². The van der Waals surface area contributed by atoms with E-state index in [9.17, 15) is 0 Å². The smallest absolute Gasteiger partial charge is 0.203 e. The van der Waals surface area contributed by atoms with Crippen molar-refractivity contribution in [1.82, 2.24) is 9.97 Å². The van der Waals surface area contributed by atoms with E-state index in [0.29, 0.717) is 11.5 Å². The van der Waals surface area contributed by atoms with E-state index in [1.165, 1.54) is 11.1 Å². The Balaban J connectivity index is 1.98. The minimum Gasteiger partial charge on any atom is -0.493 e. The van der Waals surface area contributed by atoms with Gasteiger partial charge in [0.1, 0.15) is 5.82 Å². The van der Waals surface area contributed by atoms with Gasteiger partial charge >= 0.3 is 0 Å². The van der Waals surface area contributed by atoms with E-state index in [2.05, 4.69) is 16.0 Å². The fraction of sp³-hybridized carbons (Fsp3) is 0.474. The van der Waals surface area contributed by atoms with Crippen LogP contribution in [0.5, 0.6) is 17.2 Å². The lowest BCUT2D eigenvalue weighted by molar-refractivity contribution is 0.321. The average Bonchev–Trinajstić information content (AvgIpc) is 2.84. The maximum absolute atomic E-state index is 5.66. The van der Waals surface area contributed by atoms with Gasteiger partial charge in [-0.15, -0.1) is 0 Å². The highest BCUT2D eigenvalue weighted by Gasteiger charge is 2.24. The standard InChI is InChI=1S/C19H25N3O3/c1-12-11-20-13(2)19(21-12)22-8-6-14-10-16(23-3)18(25-5)17(24-4)15(14)7-9-22/h10-11H,6-9H2,1-5H3. The first kappa shape index (κ1) is 17.3. The summed E-state index contributed by atoms with van der Waals surface area (Å²) in [4.78, 5) is 11.4. The molecular formula is C19H25N3O3. The Labute approximate surface area is 148 Å². The molecule has 1 aromatic carbocycles. The quantitative estimate of drug-likeness (QED) is 0.851. The molecule has 2 heterocycles. The Hall–Kier alpha value is -2.50. The van der Waals surface area contributed by atoms with Gasteiger partial charge in [0.25, 0.3) is 0 Å². The number of fused-ring (bicyclic) bond motifs is 1. The van der Waals surface area contributed by atoms with Crippen LogP contribution in [-0.2, 0) is 12.8 Å². The second kappa shape index (κ2) is 7.17. The molecule has 0 bridgehead atoms. The van der Waals surface area contributed by atoms with E-state index in [1.54, 1.807) is 21.3 Å². The van der Waals surface area contributed by atoms with Crippen molar-refractivity contribution < 1.29 is 14.2 Å². The van der Waals surface area contributed by atoms with Gasteiger partial charge in [-0.2, -0.15) is 0 Å². The highest BCUT2D eigenvalue weighted by atomic mass is 16.5. The molecule has 1 aliphatic rings. The molecule has 6 heteroatoms. The van der Waals surface area contributed by atoms with Gasteiger partial charge in [0.2, 0.25) is 5.75 Å². The number of anilines is 1. The first-order chi connectivity index (χ1) is 12.1. The molecule has 0 spiro atoms. The zero-order valence-electron chi connectivity index (χ0n) is 15.5. The number of nitrogens with zero attached hydrogens (tertiary/aromatic N) is 3. The summed E-state index contributed by atoms with van der Waals surface area (Å²) in [5, 5.41) is 0. The number of aromatic nitrogens is 2. The summed E-state index contributed by atoms with van der Waals surface area (Å²) < 4.78 is 16.7. The lowest BCUT2D eigenvalue weighted by Gasteiger charge is -2.23.